The normalized spacial score (nSPS) is 32.9. The molecule has 1 fully saturated rings. The fraction of sp³-hybridized carbons (Fsp3) is 0.600. The molecular formula is C10H14N2O5. The van der Waals surface area contributed by atoms with Crippen molar-refractivity contribution in [3.8, 4) is 0 Å². The molecule has 2 unspecified atom stereocenters. The average molecular weight is 242 g/mol. The Hall–Kier alpha value is -1.44. The third-order valence-electron chi connectivity index (χ3n) is 2.99. The Morgan fingerprint density at radius 2 is 2.24 bits per heavy atom. The van der Waals surface area contributed by atoms with E-state index in [1.807, 2.05) is 0 Å². The molecule has 7 heteroatoms. The van der Waals surface area contributed by atoms with Gasteiger partial charge < -0.3 is 14.9 Å². The molecule has 7 nitrogen and oxygen atoms in total. The first-order chi connectivity index (χ1) is 8.04. The van der Waals surface area contributed by atoms with E-state index in [1.165, 1.54) is 16.8 Å². The van der Waals surface area contributed by atoms with Crippen molar-refractivity contribution in [3.63, 3.8) is 0 Å². The van der Waals surface area contributed by atoms with Gasteiger partial charge in [0.25, 0.3) is 5.56 Å². The number of hydrogen-bond acceptors (Lipinski definition) is 5. The minimum Gasteiger partial charge on any atom is -0.394 e. The molecule has 0 radical (unpaired) electrons. The number of rotatable bonds is 2. The van der Waals surface area contributed by atoms with E-state index in [0.717, 1.165) is 0 Å². The summed E-state index contributed by atoms with van der Waals surface area (Å²) in [6.07, 6.45) is -0.932. The van der Waals surface area contributed by atoms with Gasteiger partial charge in [0, 0.05) is 18.2 Å². The summed E-state index contributed by atoms with van der Waals surface area (Å²) in [6, 6.07) is 1.20. The molecule has 0 saturated carbocycles. The van der Waals surface area contributed by atoms with Crippen LogP contribution in [0.2, 0.25) is 0 Å². The van der Waals surface area contributed by atoms with Gasteiger partial charge in [0.1, 0.15) is 12.3 Å². The van der Waals surface area contributed by atoms with Crippen molar-refractivity contribution in [2.75, 3.05) is 6.61 Å². The highest BCUT2D eigenvalue weighted by Gasteiger charge is 2.41. The predicted molar refractivity (Wildman–Crippen MR) is 57.5 cm³/mol. The molecule has 94 valence electrons. The lowest BCUT2D eigenvalue weighted by molar-refractivity contribution is -0.0477. The topological polar surface area (TPSA) is 105 Å². The van der Waals surface area contributed by atoms with Crippen molar-refractivity contribution in [2.24, 2.45) is 5.92 Å². The van der Waals surface area contributed by atoms with Gasteiger partial charge in [-0.3, -0.25) is 14.3 Å². The predicted octanol–water partition coefficient (Wildman–Crippen LogP) is -1.58. The number of nitrogens with one attached hydrogen (secondary N) is 1. The van der Waals surface area contributed by atoms with Crippen molar-refractivity contribution in [2.45, 2.75) is 25.4 Å². The number of aliphatic hydroxyl groups excluding tert-OH is 2. The zero-order valence-electron chi connectivity index (χ0n) is 9.24. The van der Waals surface area contributed by atoms with Gasteiger partial charge in [-0.1, -0.05) is 6.92 Å². The van der Waals surface area contributed by atoms with Crippen LogP contribution in [0.15, 0.2) is 21.9 Å². The fourth-order valence-electron chi connectivity index (χ4n) is 1.99. The number of aromatic nitrogens is 2. The van der Waals surface area contributed by atoms with Crippen LogP contribution in [-0.2, 0) is 4.74 Å². The van der Waals surface area contributed by atoms with Crippen LogP contribution in [0, 0.1) is 5.92 Å². The number of aromatic amines is 1. The standard InChI is InChI=1S/C10H14N2O5/c1-5-8(15)6(4-13)17-9(5)12-3-2-7(14)11-10(12)16/h2-3,5-6,8-9,13,15H,4H2,1H3,(H,11,14,16)/t5?,6?,8-,9-/m0/s1. The molecule has 4 atom stereocenters. The highest BCUT2D eigenvalue weighted by molar-refractivity contribution is 4.91. The zero-order chi connectivity index (χ0) is 12.6. The van der Waals surface area contributed by atoms with E-state index < -0.39 is 29.7 Å². The summed E-state index contributed by atoms with van der Waals surface area (Å²) < 4.78 is 6.58. The Morgan fingerprint density at radius 1 is 1.53 bits per heavy atom. The number of hydrogen-bond donors (Lipinski definition) is 3. The summed E-state index contributed by atoms with van der Waals surface area (Å²) in [5, 5.41) is 18.8. The van der Waals surface area contributed by atoms with Crippen molar-refractivity contribution < 1.29 is 14.9 Å². The third kappa shape index (κ3) is 2.04. The number of aliphatic hydroxyl groups is 2. The van der Waals surface area contributed by atoms with Crippen LogP contribution in [0.1, 0.15) is 13.2 Å². The SMILES string of the molecule is CC1[C@H](O)C(CO)O[C@@H]1n1ccc(=O)[nH]c1=O. The summed E-state index contributed by atoms with van der Waals surface area (Å²) in [5.41, 5.74) is -1.09. The van der Waals surface area contributed by atoms with Crippen LogP contribution in [0.3, 0.4) is 0 Å². The van der Waals surface area contributed by atoms with Crippen molar-refractivity contribution in [3.05, 3.63) is 33.1 Å². The van der Waals surface area contributed by atoms with E-state index >= 15 is 0 Å². The molecule has 1 aliphatic rings. The van der Waals surface area contributed by atoms with E-state index in [9.17, 15) is 14.7 Å². The van der Waals surface area contributed by atoms with Crippen LogP contribution in [0.5, 0.6) is 0 Å². The van der Waals surface area contributed by atoms with E-state index in [0.29, 0.717) is 0 Å². The van der Waals surface area contributed by atoms with Gasteiger partial charge in [-0.15, -0.1) is 0 Å². The summed E-state index contributed by atoms with van der Waals surface area (Å²) >= 11 is 0. The molecule has 0 spiro atoms. The third-order valence-corrected chi connectivity index (χ3v) is 2.99. The Morgan fingerprint density at radius 3 is 2.76 bits per heavy atom. The molecule has 1 aromatic heterocycles. The number of H-pyrrole nitrogens is 1. The average Bonchev–Trinajstić information content (AvgIpc) is 2.57. The molecule has 0 aliphatic carbocycles. The van der Waals surface area contributed by atoms with Crippen molar-refractivity contribution in [1.82, 2.24) is 9.55 Å². The molecule has 1 aromatic rings. The zero-order valence-corrected chi connectivity index (χ0v) is 9.24. The molecule has 0 aromatic carbocycles. The van der Waals surface area contributed by atoms with Crippen LogP contribution in [-0.4, -0.2) is 38.6 Å². The highest BCUT2D eigenvalue weighted by Crippen LogP contribution is 2.32. The van der Waals surface area contributed by atoms with Crippen LogP contribution < -0.4 is 11.2 Å². The summed E-state index contributed by atoms with van der Waals surface area (Å²) in [5.74, 6) is -0.351. The van der Waals surface area contributed by atoms with Gasteiger partial charge in [0.15, 0.2) is 0 Å². The van der Waals surface area contributed by atoms with Gasteiger partial charge in [0.05, 0.1) is 12.7 Å². The van der Waals surface area contributed by atoms with E-state index in [1.54, 1.807) is 6.92 Å². The second-order valence-electron chi connectivity index (χ2n) is 4.11. The fourth-order valence-corrected chi connectivity index (χ4v) is 1.99. The maximum atomic E-state index is 11.6. The summed E-state index contributed by atoms with van der Waals surface area (Å²) in [6.45, 7) is 1.39. The highest BCUT2D eigenvalue weighted by atomic mass is 16.5. The Labute approximate surface area is 96.3 Å². The Balaban J connectivity index is 2.35. The molecule has 1 saturated heterocycles. The van der Waals surface area contributed by atoms with Crippen LogP contribution >= 0.6 is 0 Å². The maximum absolute atomic E-state index is 11.6. The summed E-state index contributed by atoms with van der Waals surface area (Å²) in [4.78, 5) is 24.6. The molecule has 0 amide bonds. The lowest BCUT2D eigenvalue weighted by atomic mass is 10.0. The maximum Gasteiger partial charge on any atom is 0.330 e. The van der Waals surface area contributed by atoms with Crippen LogP contribution in [0.25, 0.3) is 0 Å². The van der Waals surface area contributed by atoms with Gasteiger partial charge in [0.2, 0.25) is 0 Å². The lowest BCUT2D eigenvalue weighted by Gasteiger charge is -2.17. The molecule has 1 aliphatic heterocycles. The molecule has 3 N–H and O–H groups in total. The van der Waals surface area contributed by atoms with Gasteiger partial charge >= 0.3 is 5.69 Å². The largest absolute Gasteiger partial charge is 0.394 e. The minimum absolute atomic E-state index is 0.319. The molecule has 0 bridgehead atoms. The summed E-state index contributed by atoms with van der Waals surface area (Å²) in [7, 11) is 0. The Bertz CT molecular complexity index is 508. The molecule has 17 heavy (non-hydrogen) atoms. The minimum atomic E-state index is -0.844. The van der Waals surface area contributed by atoms with E-state index in [4.69, 9.17) is 9.84 Å². The first kappa shape index (κ1) is 12.0. The van der Waals surface area contributed by atoms with E-state index in [-0.39, 0.29) is 12.5 Å². The number of ether oxygens (including phenoxy) is 1. The van der Waals surface area contributed by atoms with Gasteiger partial charge in [-0.25, -0.2) is 4.79 Å². The molecule has 2 heterocycles. The first-order valence-corrected chi connectivity index (χ1v) is 5.30. The second-order valence-corrected chi connectivity index (χ2v) is 4.11. The Kier molecular flexibility index (Phi) is 3.14. The molecular weight excluding hydrogens is 228 g/mol. The smallest absolute Gasteiger partial charge is 0.330 e. The second kappa shape index (κ2) is 4.44. The number of nitrogens with zero attached hydrogens (tertiary/aromatic N) is 1. The monoisotopic (exact) mass is 242 g/mol. The molecule has 2 rings (SSSR count). The van der Waals surface area contributed by atoms with E-state index in [2.05, 4.69) is 4.98 Å². The van der Waals surface area contributed by atoms with Gasteiger partial charge in [-0.2, -0.15) is 0 Å². The van der Waals surface area contributed by atoms with Crippen molar-refractivity contribution >= 4 is 0 Å². The lowest BCUT2D eigenvalue weighted by Crippen LogP contribution is -2.33. The quantitative estimate of drug-likeness (QED) is 0.580. The van der Waals surface area contributed by atoms with Crippen molar-refractivity contribution in [1.29, 1.82) is 0 Å². The first-order valence-electron chi connectivity index (χ1n) is 5.30. The van der Waals surface area contributed by atoms with Gasteiger partial charge in [-0.05, 0) is 0 Å². The van der Waals surface area contributed by atoms with Crippen LogP contribution in [0.4, 0.5) is 0 Å².